The van der Waals surface area contributed by atoms with Gasteiger partial charge < -0.3 is 9.84 Å². The molecular weight excluding hydrogens is 308 g/mol. The number of aromatic carboxylic acids is 1. The Bertz CT molecular complexity index is 880. The summed E-state index contributed by atoms with van der Waals surface area (Å²) >= 11 is 0. The summed E-state index contributed by atoms with van der Waals surface area (Å²) in [5.74, 6) is -1.37. The van der Waals surface area contributed by atoms with E-state index >= 15 is 0 Å². The first-order valence-electron chi connectivity index (χ1n) is 7.21. The van der Waals surface area contributed by atoms with Gasteiger partial charge in [0, 0.05) is 5.56 Å². The molecule has 6 heteroatoms. The quantitative estimate of drug-likeness (QED) is 0.568. The molecule has 0 fully saturated rings. The Balaban J connectivity index is 1.73. The maximum Gasteiger partial charge on any atom is 0.361 e. The number of carboxylic acids is 1. The number of ether oxygens (including phenoxy) is 1. The molecule has 0 aliphatic carbocycles. The second-order valence-corrected chi connectivity index (χ2v) is 5.25. The van der Waals surface area contributed by atoms with Crippen molar-refractivity contribution in [1.29, 1.82) is 0 Å². The number of aromatic nitrogens is 2. The molecule has 0 saturated heterocycles. The smallest absolute Gasteiger partial charge is 0.361 e. The van der Waals surface area contributed by atoms with E-state index in [-0.39, 0.29) is 17.0 Å². The highest BCUT2D eigenvalue weighted by molar-refractivity contribution is 5.91. The molecular formula is C18H14N2O4. The summed E-state index contributed by atoms with van der Waals surface area (Å²) in [6.45, 7) is 1.99. The van der Waals surface area contributed by atoms with Crippen molar-refractivity contribution >= 4 is 11.9 Å². The van der Waals surface area contributed by atoms with Gasteiger partial charge in [0.25, 0.3) is 0 Å². The number of esters is 1. The van der Waals surface area contributed by atoms with E-state index in [1.807, 2.05) is 31.2 Å². The SMILES string of the molecule is Cc1ccc(-c2cc(C(=O)Oc3ccc(C(=O)O)cc3)[nH]n2)cc1. The molecule has 24 heavy (non-hydrogen) atoms. The summed E-state index contributed by atoms with van der Waals surface area (Å²) in [5, 5.41) is 15.6. The number of nitrogens with zero attached hydrogens (tertiary/aromatic N) is 1. The predicted octanol–water partition coefficient (Wildman–Crippen LogP) is 3.30. The van der Waals surface area contributed by atoms with Gasteiger partial charge in [-0.1, -0.05) is 29.8 Å². The fraction of sp³-hybridized carbons (Fsp3) is 0.0556. The summed E-state index contributed by atoms with van der Waals surface area (Å²) in [5.41, 5.74) is 3.01. The highest BCUT2D eigenvalue weighted by Gasteiger charge is 2.14. The van der Waals surface area contributed by atoms with Crippen LogP contribution in [0.1, 0.15) is 26.4 Å². The van der Waals surface area contributed by atoms with E-state index in [4.69, 9.17) is 9.84 Å². The molecule has 3 aromatic rings. The van der Waals surface area contributed by atoms with Gasteiger partial charge in [0.2, 0.25) is 0 Å². The number of carboxylic acid groups (broad SMARTS) is 1. The molecule has 2 N–H and O–H groups in total. The van der Waals surface area contributed by atoms with Crippen LogP contribution in [0.5, 0.6) is 5.75 Å². The molecule has 1 aromatic heterocycles. The summed E-state index contributed by atoms with van der Waals surface area (Å²) in [7, 11) is 0. The Morgan fingerprint density at radius 2 is 1.71 bits per heavy atom. The number of rotatable bonds is 4. The average molecular weight is 322 g/mol. The number of hydrogen-bond acceptors (Lipinski definition) is 4. The largest absolute Gasteiger partial charge is 0.478 e. The summed E-state index contributed by atoms with van der Waals surface area (Å²) < 4.78 is 5.20. The zero-order valence-electron chi connectivity index (χ0n) is 12.8. The van der Waals surface area contributed by atoms with Crippen molar-refractivity contribution in [3.05, 3.63) is 71.4 Å². The molecule has 0 atom stereocenters. The minimum atomic E-state index is -1.04. The molecule has 6 nitrogen and oxygen atoms in total. The fourth-order valence-corrected chi connectivity index (χ4v) is 2.13. The number of nitrogens with one attached hydrogen (secondary N) is 1. The standard InChI is InChI=1S/C18H14N2O4/c1-11-2-4-12(5-3-11)15-10-16(20-19-15)18(23)24-14-8-6-13(7-9-14)17(21)22/h2-10H,1H3,(H,19,20)(H,21,22). The first-order valence-corrected chi connectivity index (χ1v) is 7.21. The second-order valence-electron chi connectivity index (χ2n) is 5.25. The number of benzene rings is 2. The monoisotopic (exact) mass is 322 g/mol. The van der Waals surface area contributed by atoms with Crippen molar-refractivity contribution in [3.63, 3.8) is 0 Å². The zero-order chi connectivity index (χ0) is 17.1. The van der Waals surface area contributed by atoms with Gasteiger partial charge in [0.1, 0.15) is 11.4 Å². The van der Waals surface area contributed by atoms with Gasteiger partial charge in [-0.3, -0.25) is 5.10 Å². The third-order valence-electron chi connectivity index (χ3n) is 3.46. The van der Waals surface area contributed by atoms with E-state index in [9.17, 15) is 9.59 Å². The number of carbonyl (C=O) groups excluding carboxylic acids is 1. The minimum Gasteiger partial charge on any atom is -0.478 e. The molecule has 120 valence electrons. The first kappa shape index (κ1) is 15.5. The van der Waals surface area contributed by atoms with Crippen molar-refractivity contribution in [3.8, 4) is 17.0 Å². The van der Waals surface area contributed by atoms with Crippen LogP contribution in [0.3, 0.4) is 0 Å². The molecule has 0 unspecified atom stereocenters. The fourth-order valence-electron chi connectivity index (χ4n) is 2.13. The van der Waals surface area contributed by atoms with Gasteiger partial charge >= 0.3 is 11.9 Å². The van der Waals surface area contributed by atoms with E-state index in [2.05, 4.69) is 10.2 Å². The lowest BCUT2D eigenvalue weighted by Gasteiger charge is -2.02. The summed E-state index contributed by atoms with van der Waals surface area (Å²) in [6, 6.07) is 15.0. The van der Waals surface area contributed by atoms with Crippen molar-refractivity contribution < 1.29 is 19.4 Å². The Morgan fingerprint density at radius 1 is 1.04 bits per heavy atom. The minimum absolute atomic E-state index is 0.123. The molecule has 2 aromatic carbocycles. The van der Waals surface area contributed by atoms with E-state index in [1.54, 1.807) is 6.07 Å². The van der Waals surface area contributed by atoms with Crippen molar-refractivity contribution in [2.45, 2.75) is 6.92 Å². The van der Waals surface area contributed by atoms with Crippen LogP contribution in [-0.4, -0.2) is 27.2 Å². The Kier molecular flexibility index (Phi) is 4.11. The van der Waals surface area contributed by atoms with E-state index in [0.29, 0.717) is 5.69 Å². The average Bonchev–Trinajstić information content (AvgIpc) is 3.06. The lowest BCUT2D eigenvalue weighted by molar-refractivity contribution is 0.0696. The summed E-state index contributed by atoms with van der Waals surface area (Å²) in [6.07, 6.45) is 0. The van der Waals surface area contributed by atoms with Crippen LogP contribution in [0.25, 0.3) is 11.3 Å². The van der Waals surface area contributed by atoms with Crippen molar-refractivity contribution in [2.75, 3.05) is 0 Å². The maximum absolute atomic E-state index is 12.1. The molecule has 0 aliphatic heterocycles. The summed E-state index contributed by atoms with van der Waals surface area (Å²) in [4.78, 5) is 22.9. The highest BCUT2D eigenvalue weighted by Crippen LogP contribution is 2.19. The number of hydrogen-bond donors (Lipinski definition) is 2. The highest BCUT2D eigenvalue weighted by atomic mass is 16.5. The van der Waals surface area contributed by atoms with Crippen molar-refractivity contribution in [1.82, 2.24) is 10.2 Å². The molecule has 0 radical (unpaired) electrons. The Labute approximate surface area is 137 Å². The van der Waals surface area contributed by atoms with Crippen LogP contribution in [0.4, 0.5) is 0 Å². The molecule has 0 saturated carbocycles. The van der Waals surface area contributed by atoms with Gasteiger partial charge in [-0.25, -0.2) is 9.59 Å². The molecule has 0 bridgehead atoms. The third-order valence-corrected chi connectivity index (χ3v) is 3.46. The van der Waals surface area contributed by atoms with Crippen LogP contribution in [0.15, 0.2) is 54.6 Å². The van der Waals surface area contributed by atoms with Gasteiger partial charge in [-0.2, -0.15) is 5.10 Å². The lowest BCUT2D eigenvalue weighted by atomic mass is 10.1. The van der Waals surface area contributed by atoms with Crippen LogP contribution in [0, 0.1) is 6.92 Å². The van der Waals surface area contributed by atoms with Crippen LogP contribution in [0.2, 0.25) is 0 Å². The maximum atomic E-state index is 12.1. The number of aryl methyl sites for hydroxylation is 1. The normalized spacial score (nSPS) is 10.4. The van der Waals surface area contributed by atoms with Gasteiger partial charge in [-0.15, -0.1) is 0 Å². The molecule has 0 amide bonds. The Morgan fingerprint density at radius 3 is 2.33 bits per heavy atom. The number of H-pyrrole nitrogens is 1. The van der Waals surface area contributed by atoms with E-state index in [1.165, 1.54) is 24.3 Å². The Hall–Kier alpha value is -3.41. The predicted molar refractivity (Wildman–Crippen MR) is 87.1 cm³/mol. The number of aromatic amines is 1. The van der Waals surface area contributed by atoms with Gasteiger partial charge in [0.15, 0.2) is 0 Å². The van der Waals surface area contributed by atoms with Gasteiger partial charge in [-0.05, 0) is 37.3 Å². The zero-order valence-corrected chi connectivity index (χ0v) is 12.8. The molecule has 3 rings (SSSR count). The first-order chi connectivity index (χ1) is 11.5. The van der Waals surface area contributed by atoms with E-state index in [0.717, 1.165) is 11.1 Å². The molecule has 0 aliphatic rings. The van der Waals surface area contributed by atoms with Crippen molar-refractivity contribution in [2.24, 2.45) is 0 Å². The van der Waals surface area contributed by atoms with Crippen LogP contribution in [-0.2, 0) is 0 Å². The third kappa shape index (κ3) is 3.33. The van der Waals surface area contributed by atoms with Crippen LogP contribution < -0.4 is 4.74 Å². The van der Waals surface area contributed by atoms with Gasteiger partial charge in [0.05, 0.1) is 11.3 Å². The lowest BCUT2D eigenvalue weighted by Crippen LogP contribution is -2.09. The second kappa shape index (κ2) is 6.37. The number of carbonyl (C=O) groups is 2. The molecule has 0 spiro atoms. The van der Waals surface area contributed by atoms with E-state index < -0.39 is 11.9 Å². The topological polar surface area (TPSA) is 92.3 Å². The molecule has 1 heterocycles. The van der Waals surface area contributed by atoms with Crippen LogP contribution >= 0.6 is 0 Å².